The number of Topliss-reactive ketones (excluding diaryl/α,β-unsaturated/α-hetero) is 1. The van der Waals surface area contributed by atoms with Crippen molar-refractivity contribution < 1.29 is 14.3 Å². The summed E-state index contributed by atoms with van der Waals surface area (Å²) in [5, 5.41) is 4.29. The van der Waals surface area contributed by atoms with Crippen molar-refractivity contribution in [1.29, 1.82) is 0 Å². The van der Waals surface area contributed by atoms with Crippen molar-refractivity contribution >= 4 is 23.2 Å². The van der Waals surface area contributed by atoms with E-state index < -0.39 is 23.5 Å². The zero-order chi connectivity index (χ0) is 13.8. The summed E-state index contributed by atoms with van der Waals surface area (Å²) in [6.07, 6.45) is 4.43. The number of carbonyl (C=O) groups excluding carboxylic acids is 2. The molecular weight excluding hydrogens is 250 g/mol. The maximum Gasteiger partial charge on any atom is 0.408 e. The molecule has 18 heavy (non-hydrogen) atoms. The Morgan fingerprint density at radius 1 is 1.50 bits per heavy atom. The van der Waals surface area contributed by atoms with Gasteiger partial charge in [0.1, 0.15) is 11.6 Å². The first-order chi connectivity index (χ1) is 8.33. The molecule has 1 N–H and O–H groups in total. The molecule has 0 aromatic carbocycles. The van der Waals surface area contributed by atoms with E-state index in [-0.39, 0.29) is 0 Å². The van der Waals surface area contributed by atoms with Crippen LogP contribution in [-0.2, 0) is 9.53 Å². The van der Waals surface area contributed by atoms with E-state index in [1.807, 2.05) is 11.3 Å². The Balaban J connectivity index is 2.79. The first-order valence-corrected chi connectivity index (χ1v) is 6.25. The Hall–Kier alpha value is -1.80. The summed E-state index contributed by atoms with van der Waals surface area (Å²) in [4.78, 5) is 23.9. The maximum absolute atomic E-state index is 11.6. The van der Waals surface area contributed by atoms with Crippen LogP contribution >= 0.6 is 11.3 Å². The third kappa shape index (κ3) is 4.22. The average Bonchev–Trinajstić information content (AvgIpc) is 2.75. The Bertz CT molecular complexity index is 465. The molecule has 1 amide bonds. The average molecular weight is 265 g/mol. The van der Waals surface area contributed by atoms with Gasteiger partial charge in [-0.3, -0.25) is 4.79 Å². The molecule has 96 valence electrons. The molecule has 0 saturated carbocycles. The van der Waals surface area contributed by atoms with E-state index in [0.717, 1.165) is 0 Å². The van der Waals surface area contributed by atoms with Gasteiger partial charge in [0.05, 0.1) is 0 Å². The molecule has 1 aromatic heterocycles. The van der Waals surface area contributed by atoms with Gasteiger partial charge in [-0.05, 0) is 38.1 Å². The standard InChI is InChI=1S/C13H15NO3S/c1-5-9(15)11(10-7-6-8-18-10)14-12(16)17-13(2,3)4/h1,6-8,11H,2-4H3,(H,14,16). The smallest absolute Gasteiger partial charge is 0.408 e. The van der Waals surface area contributed by atoms with Crippen molar-refractivity contribution in [3.63, 3.8) is 0 Å². The molecule has 0 aliphatic heterocycles. The van der Waals surface area contributed by atoms with E-state index in [1.165, 1.54) is 11.3 Å². The van der Waals surface area contributed by atoms with Crippen molar-refractivity contribution in [1.82, 2.24) is 5.32 Å². The molecule has 1 rings (SSSR count). The van der Waals surface area contributed by atoms with E-state index >= 15 is 0 Å². The molecule has 0 spiro atoms. The van der Waals surface area contributed by atoms with Crippen LogP contribution in [0.1, 0.15) is 31.7 Å². The van der Waals surface area contributed by atoms with Crippen LogP contribution in [0.4, 0.5) is 4.79 Å². The van der Waals surface area contributed by atoms with Crippen molar-refractivity contribution in [2.45, 2.75) is 32.4 Å². The number of hydrogen-bond donors (Lipinski definition) is 1. The maximum atomic E-state index is 11.6. The lowest BCUT2D eigenvalue weighted by molar-refractivity contribution is -0.115. The van der Waals surface area contributed by atoms with Crippen molar-refractivity contribution in [2.24, 2.45) is 0 Å². The highest BCUT2D eigenvalue weighted by Crippen LogP contribution is 2.20. The van der Waals surface area contributed by atoms with Gasteiger partial charge in [0.2, 0.25) is 5.78 Å². The number of amides is 1. The molecule has 0 fully saturated rings. The second kappa shape index (κ2) is 5.69. The van der Waals surface area contributed by atoms with Gasteiger partial charge in [-0.2, -0.15) is 0 Å². The van der Waals surface area contributed by atoms with E-state index in [0.29, 0.717) is 4.88 Å². The lowest BCUT2D eigenvalue weighted by atomic mass is 10.1. The Morgan fingerprint density at radius 3 is 2.61 bits per heavy atom. The molecular formula is C13H15NO3S. The van der Waals surface area contributed by atoms with Crippen molar-refractivity contribution in [3.8, 4) is 12.3 Å². The first-order valence-electron chi connectivity index (χ1n) is 5.37. The number of thiophene rings is 1. The van der Waals surface area contributed by atoms with E-state index in [1.54, 1.807) is 32.9 Å². The molecule has 0 aliphatic carbocycles. The zero-order valence-electron chi connectivity index (χ0n) is 10.5. The molecule has 0 bridgehead atoms. The summed E-state index contributed by atoms with van der Waals surface area (Å²) in [7, 11) is 0. The molecule has 0 radical (unpaired) electrons. The number of carbonyl (C=O) groups is 2. The number of hydrogen-bond acceptors (Lipinski definition) is 4. The third-order valence-corrected chi connectivity index (χ3v) is 2.83. The Morgan fingerprint density at radius 2 is 2.17 bits per heavy atom. The summed E-state index contributed by atoms with van der Waals surface area (Å²) in [6.45, 7) is 5.24. The zero-order valence-corrected chi connectivity index (χ0v) is 11.3. The van der Waals surface area contributed by atoms with Gasteiger partial charge >= 0.3 is 6.09 Å². The number of terminal acetylenes is 1. The predicted octanol–water partition coefficient (Wildman–Crippen LogP) is 2.52. The van der Waals surface area contributed by atoms with Crippen LogP contribution in [0.25, 0.3) is 0 Å². The van der Waals surface area contributed by atoms with E-state index in [2.05, 4.69) is 5.32 Å². The molecule has 1 heterocycles. The fraction of sp³-hybridized carbons (Fsp3) is 0.385. The number of nitrogens with one attached hydrogen (secondary N) is 1. The minimum absolute atomic E-state index is 0.497. The molecule has 1 unspecified atom stereocenters. The topological polar surface area (TPSA) is 55.4 Å². The predicted molar refractivity (Wildman–Crippen MR) is 70.3 cm³/mol. The molecule has 0 saturated heterocycles. The normalized spacial score (nSPS) is 12.3. The van der Waals surface area contributed by atoms with Gasteiger partial charge in [0, 0.05) is 4.88 Å². The van der Waals surface area contributed by atoms with Crippen LogP contribution < -0.4 is 5.32 Å². The number of rotatable bonds is 3. The van der Waals surface area contributed by atoms with Gasteiger partial charge in [0.15, 0.2) is 0 Å². The van der Waals surface area contributed by atoms with Crippen LogP contribution in [0.2, 0.25) is 0 Å². The molecule has 0 aliphatic rings. The second-order valence-electron chi connectivity index (χ2n) is 4.60. The van der Waals surface area contributed by atoms with Crippen LogP contribution in [0.3, 0.4) is 0 Å². The van der Waals surface area contributed by atoms with Gasteiger partial charge in [-0.15, -0.1) is 17.8 Å². The quantitative estimate of drug-likeness (QED) is 0.675. The minimum atomic E-state index is -0.843. The lowest BCUT2D eigenvalue weighted by Gasteiger charge is -2.21. The molecule has 1 atom stereocenters. The van der Waals surface area contributed by atoms with Gasteiger partial charge < -0.3 is 10.1 Å². The number of ether oxygens (including phenoxy) is 1. The Kier molecular flexibility index (Phi) is 4.51. The molecule has 1 aromatic rings. The summed E-state index contributed by atoms with van der Waals surface area (Å²) >= 11 is 1.35. The molecule has 5 heteroatoms. The summed E-state index contributed by atoms with van der Waals surface area (Å²) in [5.74, 6) is 1.52. The van der Waals surface area contributed by atoms with E-state index in [4.69, 9.17) is 11.2 Å². The SMILES string of the molecule is C#CC(=O)C(NC(=O)OC(C)(C)C)c1cccs1. The summed E-state index contributed by atoms with van der Waals surface area (Å²) in [6, 6.07) is 2.68. The third-order valence-electron chi connectivity index (χ3n) is 1.89. The van der Waals surface area contributed by atoms with Crippen LogP contribution in [0, 0.1) is 12.3 Å². The van der Waals surface area contributed by atoms with Gasteiger partial charge in [-0.25, -0.2) is 4.79 Å². The molecule has 4 nitrogen and oxygen atoms in total. The monoisotopic (exact) mass is 265 g/mol. The first kappa shape index (κ1) is 14.3. The summed E-state index contributed by atoms with van der Waals surface area (Å²) < 4.78 is 5.09. The van der Waals surface area contributed by atoms with Gasteiger partial charge in [0.25, 0.3) is 0 Å². The van der Waals surface area contributed by atoms with E-state index in [9.17, 15) is 9.59 Å². The minimum Gasteiger partial charge on any atom is -0.444 e. The van der Waals surface area contributed by atoms with Crippen molar-refractivity contribution in [3.05, 3.63) is 22.4 Å². The fourth-order valence-corrected chi connectivity index (χ4v) is 2.00. The largest absolute Gasteiger partial charge is 0.444 e. The summed E-state index contributed by atoms with van der Waals surface area (Å²) in [5.41, 5.74) is -0.622. The second-order valence-corrected chi connectivity index (χ2v) is 5.58. The highest BCUT2D eigenvalue weighted by molar-refractivity contribution is 7.10. The van der Waals surface area contributed by atoms with Crippen LogP contribution in [0.5, 0.6) is 0 Å². The van der Waals surface area contributed by atoms with Crippen LogP contribution in [-0.4, -0.2) is 17.5 Å². The Labute approximate surface area is 110 Å². The highest BCUT2D eigenvalue weighted by atomic mass is 32.1. The lowest BCUT2D eigenvalue weighted by Crippen LogP contribution is -2.37. The highest BCUT2D eigenvalue weighted by Gasteiger charge is 2.25. The van der Waals surface area contributed by atoms with Crippen LogP contribution in [0.15, 0.2) is 17.5 Å². The number of alkyl carbamates (subject to hydrolysis) is 1. The number of ketones is 1. The fourth-order valence-electron chi connectivity index (χ4n) is 1.23. The van der Waals surface area contributed by atoms with Crippen molar-refractivity contribution in [2.75, 3.05) is 0 Å². The van der Waals surface area contributed by atoms with Gasteiger partial charge in [-0.1, -0.05) is 6.07 Å².